The lowest BCUT2D eigenvalue weighted by Crippen LogP contribution is -2.62. The Balaban J connectivity index is 1.25. The normalized spacial score (nSPS) is 20.8. The molecule has 0 saturated carbocycles. The topological polar surface area (TPSA) is 19.6 Å². The van der Waals surface area contributed by atoms with Crippen molar-refractivity contribution >= 4 is 79.2 Å². The van der Waals surface area contributed by atoms with Crippen LogP contribution in [0.25, 0.3) is 21.9 Å². The smallest absolute Gasteiger partial charge is 0.252 e. The number of fused-ring (bicyclic) bond motifs is 10. The minimum absolute atomic E-state index is 0.0222. The second-order valence-corrected chi connectivity index (χ2v) is 26.7. The molecule has 2 aliphatic heterocycles. The van der Waals surface area contributed by atoms with Crippen LogP contribution in [0, 0.1) is 0 Å². The molecule has 1 aromatic heterocycles. The van der Waals surface area contributed by atoms with Gasteiger partial charge in [0.1, 0.15) is 5.58 Å². The van der Waals surface area contributed by atoms with Crippen LogP contribution in [0.3, 0.4) is 0 Å². The Morgan fingerprint density at radius 2 is 0.940 bits per heavy atom. The Bertz CT molecular complexity index is 3290. The minimum atomic E-state index is -0.127. The van der Waals surface area contributed by atoms with E-state index in [4.69, 9.17) is 4.42 Å². The first kappa shape index (κ1) is 43.1. The fraction of sp³-hybridized carbons (Fsp3) is 0.429. The first-order valence-corrected chi connectivity index (χ1v) is 25.5. The molecule has 3 heterocycles. The van der Waals surface area contributed by atoms with Gasteiger partial charge in [0.05, 0.1) is 5.69 Å². The van der Waals surface area contributed by atoms with E-state index < -0.39 is 0 Å². The first-order chi connectivity index (χ1) is 31.3. The molecular formula is C63H71BN2O. The molecule has 0 atom stereocenters. The molecule has 0 spiro atoms. The molecule has 0 amide bonds. The van der Waals surface area contributed by atoms with Gasteiger partial charge in [-0.3, -0.25) is 0 Å². The molecule has 3 nitrogen and oxygen atoms in total. The van der Waals surface area contributed by atoms with Crippen LogP contribution in [-0.2, 0) is 37.9 Å². The van der Waals surface area contributed by atoms with Gasteiger partial charge in [0, 0.05) is 39.2 Å². The molecule has 342 valence electrons. The maximum atomic E-state index is 7.02. The van der Waals surface area contributed by atoms with Crippen molar-refractivity contribution in [1.82, 2.24) is 0 Å². The van der Waals surface area contributed by atoms with E-state index in [0.29, 0.717) is 0 Å². The van der Waals surface area contributed by atoms with Crippen molar-refractivity contribution in [3.05, 3.63) is 136 Å². The molecular weight excluding hydrogens is 812 g/mol. The van der Waals surface area contributed by atoms with Crippen molar-refractivity contribution in [2.75, 3.05) is 9.80 Å². The van der Waals surface area contributed by atoms with Crippen LogP contribution in [-0.4, -0.2) is 6.71 Å². The number of para-hydroxylation sites is 2. The lowest BCUT2D eigenvalue weighted by molar-refractivity contribution is 0.332. The van der Waals surface area contributed by atoms with Crippen LogP contribution in [0.15, 0.2) is 101 Å². The summed E-state index contributed by atoms with van der Waals surface area (Å²) in [7, 11) is 0. The number of hydrogen-bond acceptors (Lipinski definition) is 3. The second-order valence-electron chi connectivity index (χ2n) is 26.7. The Labute approximate surface area is 401 Å². The molecule has 6 aromatic carbocycles. The fourth-order valence-corrected chi connectivity index (χ4v) is 14.1. The van der Waals surface area contributed by atoms with E-state index in [2.05, 4.69) is 211 Å². The van der Waals surface area contributed by atoms with E-state index >= 15 is 0 Å². The third-order valence-corrected chi connectivity index (χ3v) is 18.1. The van der Waals surface area contributed by atoms with Gasteiger partial charge in [-0.1, -0.05) is 152 Å². The highest BCUT2D eigenvalue weighted by atomic mass is 16.3. The Hall–Kier alpha value is -5.22. The molecule has 3 aliphatic carbocycles. The Morgan fingerprint density at radius 1 is 0.448 bits per heavy atom. The third-order valence-electron chi connectivity index (χ3n) is 18.1. The van der Waals surface area contributed by atoms with Crippen molar-refractivity contribution in [1.29, 1.82) is 0 Å². The summed E-state index contributed by atoms with van der Waals surface area (Å²) in [6.45, 7) is 36.9. The SMILES string of the molecule is CC(C)(C)c1cc2c3c(c1)N(c1cccc4c1oc1ccccc14)c1cc4c(cc1B3c1cc3c(cc1N2c1ccc2c(c1)C(C)(C)CCC2(C)C)C(C)(C)CCC3(C)C)C(C)(C)CC4(C)C. The highest BCUT2D eigenvalue weighted by Gasteiger charge is 2.50. The van der Waals surface area contributed by atoms with Crippen LogP contribution in [0.2, 0.25) is 0 Å². The second kappa shape index (κ2) is 13.3. The molecule has 5 aliphatic rings. The van der Waals surface area contributed by atoms with Gasteiger partial charge in [-0.15, -0.1) is 0 Å². The van der Waals surface area contributed by atoms with E-state index in [-0.39, 0.29) is 44.6 Å². The molecule has 67 heavy (non-hydrogen) atoms. The van der Waals surface area contributed by atoms with E-state index in [0.717, 1.165) is 34.0 Å². The van der Waals surface area contributed by atoms with Gasteiger partial charge in [0.25, 0.3) is 6.71 Å². The summed E-state index contributed by atoms with van der Waals surface area (Å²) < 4.78 is 7.02. The number of nitrogens with zero attached hydrogens (tertiary/aromatic N) is 2. The standard InChI is InChI=1S/C63H71BN2O/c1-57(2,3)37-29-52-55-53(30-37)66(49-21-18-20-40-39-19-16-17-22-54(39)67-56(40)49)51-35-46-44(62(12,13)36-63(46,14)15)33-48(51)64(55)47-32-43-45(61(10,11)28-27-60(43,8)9)34-50(47)65(52)38-23-24-41-42(31-38)59(6,7)26-25-58(41,4)5/h16-24,29-35H,25-28,36H2,1-15H3. The van der Waals surface area contributed by atoms with Crippen LogP contribution >= 0.6 is 0 Å². The average molecular weight is 883 g/mol. The number of hydrogen-bond donors (Lipinski definition) is 0. The van der Waals surface area contributed by atoms with Crippen molar-refractivity contribution in [3.63, 3.8) is 0 Å². The van der Waals surface area contributed by atoms with Crippen LogP contribution in [0.1, 0.15) is 175 Å². The molecule has 12 rings (SSSR count). The summed E-state index contributed by atoms with van der Waals surface area (Å²) in [6.07, 6.45) is 5.84. The van der Waals surface area contributed by atoms with Crippen LogP contribution in [0.4, 0.5) is 34.1 Å². The van der Waals surface area contributed by atoms with Crippen molar-refractivity contribution < 1.29 is 4.42 Å². The van der Waals surface area contributed by atoms with Gasteiger partial charge in [-0.25, -0.2) is 0 Å². The quantitative estimate of drug-likeness (QED) is 0.161. The summed E-state index contributed by atoms with van der Waals surface area (Å²) in [5, 5.41) is 2.31. The lowest BCUT2D eigenvalue weighted by atomic mass is 9.32. The van der Waals surface area contributed by atoms with Gasteiger partial charge in [0.2, 0.25) is 0 Å². The summed E-state index contributed by atoms with van der Waals surface area (Å²) in [6, 6.07) is 38.8. The zero-order valence-electron chi connectivity index (χ0n) is 43.2. The molecule has 0 fully saturated rings. The van der Waals surface area contributed by atoms with Gasteiger partial charge in [-0.2, -0.15) is 0 Å². The number of rotatable bonds is 2. The number of furan rings is 1. The van der Waals surface area contributed by atoms with Gasteiger partial charge in [-0.05, 0) is 174 Å². The van der Waals surface area contributed by atoms with E-state index in [1.807, 2.05) is 0 Å². The molecule has 0 unspecified atom stereocenters. The van der Waals surface area contributed by atoms with Crippen molar-refractivity contribution in [2.24, 2.45) is 0 Å². The summed E-state index contributed by atoms with van der Waals surface area (Å²) in [4.78, 5) is 5.36. The number of benzene rings is 6. The zero-order chi connectivity index (χ0) is 47.3. The minimum Gasteiger partial charge on any atom is -0.454 e. The monoisotopic (exact) mass is 883 g/mol. The Kier molecular flexibility index (Phi) is 8.56. The van der Waals surface area contributed by atoms with Gasteiger partial charge >= 0.3 is 0 Å². The Morgan fingerprint density at radius 3 is 1.55 bits per heavy atom. The molecule has 0 saturated heterocycles. The summed E-state index contributed by atoms with van der Waals surface area (Å²) in [5.41, 5.74) is 24.2. The molecule has 0 N–H and O–H groups in total. The lowest BCUT2D eigenvalue weighted by Gasteiger charge is -2.48. The van der Waals surface area contributed by atoms with Gasteiger partial charge < -0.3 is 14.2 Å². The van der Waals surface area contributed by atoms with Gasteiger partial charge in [0.15, 0.2) is 5.58 Å². The predicted octanol–water partition coefficient (Wildman–Crippen LogP) is 15.6. The molecule has 7 aromatic rings. The summed E-state index contributed by atoms with van der Waals surface area (Å²) in [5.74, 6) is 0. The zero-order valence-corrected chi connectivity index (χ0v) is 43.2. The third kappa shape index (κ3) is 6.02. The molecule has 0 radical (unpaired) electrons. The fourth-order valence-electron chi connectivity index (χ4n) is 14.1. The van der Waals surface area contributed by atoms with Crippen molar-refractivity contribution in [2.45, 2.75) is 174 Å². The van der Waals surface area contributed by atoms with Crippen molar-refractivity contribution in [3.8, 4) is 0 Å². The first-order valence-electron chi connectivity index (χ1n) is 25.5. The summed E-state index contributed by atoms with van der Waals surface area (Å²) >= 11 is 0. The van der Waals surface area contributed by atoms with Crippen LogP contribution in [0.5, 0.6) is 0 Å². The average Bonchev–Trinajstić information content (AvgIpc) is 3.72. The highest BCUT2D eigenvalue weighted by Crippen LogP contribution is 2.56. The van der Waals surface area contributed by atoms with E-state index in [1.54, 1.807) is 0 Å². The van der Waals surface area contributed by atoms with E-state index in [9.17, 15) is 0 Å². The largest absolute Gasteiger partial charge is 0.454 e. The van der Waals surface area contributed by atoms with Crippen LogP contribution < -0.4 is 26.2 Å². The predicted molar refractivity (Wildman–Crippen MR) is 288 cm³/mol. The maximum Gasteiger partial charge on any atom is 0.252 e. The number of anilines is 6. The maximum absolute atomic E-state index is 7.02. The van der Waals surface area contributed by atoms with E-state index in [1.165, 1.54) is 109 Å². The highest BCUT2D eigenvalue weighted by molar-refractivity contribution is 7.00. The molecule has 0 bridgehead atoms. The molecule has 4 heteroatoms.